The summed E-state index contributed by atoms with van der Waals surface area (Å²) < 4.78 is 10.5. The quantitative estimate of drug-likeness (QED) is 0.894. The highest BCUT2D eigenvalue weighted by Crippen LogP contribution is 2.27. The first-order chi connectivity index (χ1) is 10.3. The SMILES string of the molecule is COc1ccc(NC2CC(NC(=O)OC(C)(C)C)C2)cc1C. The molecule has 0 aliphatic heterocycles. The van der Waals surface area contributed by atoms with Crippen molar-refractivity contribution >= 4 is 11.8 Å². The topological polar surface area (TPSA) is 59.6 Å². The van der Waals surface area contributed by atoms with Gasteiger partial charge in [0.1, 0.15) is 11.4 Å². The summed E-state index contributed by atoms with van der Waals surface area (Å²) in [7, 11) is 1.67. The van der Waals surface area contributed by atoms with Gasteiger partial charge in [-0.2, -0.15) is 0 Å². The third-order valence-electron chi connectivity index (χ3n) is 3.62. The number of rotatable bonds is 4. The van der Waals surface area contributed by atoms with Crippen molar-refractivity contribution in [2.24, 2.45) is 0 Å². The predicted octanol–water partition coefficient (Wildman–Crippen LogP) is 3.47. The first kappa shape index (κ1) is 16.5. The highest BCUT2D eigenvalue weighted by molar-refractivity contribution is 5.68. The minimum Gasteiger partial charge on any atom is -0.496 e. The summed E-state index contributed by atoms with van der Waals surface area (Å²) in [6, 6.07) is 6.63. The number of nitrogens with one attached hydrogen (secondary N) is 2. The molecule has 2 rings (SSSR count). The fraction of sp³-hybridized carbons (Fsp3) is 0.588. The molecule has 1 saturated carbocycles. The molecule has 1 aromatic rings. The van der Waals surface area contributed by atoms with Gasteiger partial charge in [0.05, 0.1) is 7.11 Å². The van der Waals surface area contributed by atoms with Crippen LogP contribution < -0.4 is 15.4 Å². The molecule has 122 valence electrons. The summed E-state index contributed by atoms with van der Waals surface area (Å²) in [5.74, 6) is 0.892. The van der Waals surface area contributed by atoms with E-state index in [0.29, 0.717) is 6.04 Å². The number of benzene rings is 1. The second-order valence-electron chi connectivity index (χ2n) is 6.84. The van der Waals surface area contributed by atoms with Crippen LogP contribution in [0, 0.1) is 6.92 Å². The van der Waals surface area contributed by atoms with Crippen LogP contribution in [0.3, 0.4) is 0 Å². The van der Waals surface area contributed by atoms with Crippen LogP contribution in [0.25, 0.3) is 0 Å². The first-order valence-corrected chi connectivity index (χ1v) is 7.67. The monoisotopic (exact) mass is 306 g/mol. The maximum Gasteiger partial charge on any atom is 0.407 e. The molecule has 0 heterocycles. The average molecular weight is 306 g/mol. The lowest BCUT2D eigenvalue weighted by molar-refractivity contribution is 0.0475. The third-order valence-corrected chi connectivity index (χ3v) is 3.62. The number of carbonyl (C=O) groups excluding carboxylic acids is 1. The van der Waals surface area contributed by atoms with E-state index in [0.717, 1.165) is 29.8 Å². The highest BCUT2D eigenvalue weighted by Gasteiger charge is 2.31. The Balaban J connectivity index is 1.75. The van der Waals surface area contributed by atoms with Crippen LogP contribution in [0.4, 0.5) is 10.5 Å². The van der Waals surface area contributed by atoms with E-state index in [1.54, 1.807) is 7.11 Å². The molecule has 0 bridgehead atoms. The van der Waals surface area contributed by atoms with Gasteiger partial charge in [0.25, 0.3) is 0 Å². The Labute approximate surface area is 132 Å². The number of ether oxygens (including phenoxy) is 2. The van der Waals surface area contributed by atoms with Crippen LogP contribution in [0.1, 0.15) is 39.2 Å². The van der Waals surface area contributed by atoms with Crippen molar-refractivity contribution in [1.82, 2.24) is 5.32 Å². The normalized spacial score (nSPS) is 20.8. The van der Waals surface area contributed by atoms with E-state index < -0.39 is 5.60 Å². The van der Waals surface area contributed by atoms with E-state index in [2.05, 4.69) is 16.7 Å². The van der Waals surface area contributed by atoms with Gasteiger partial charge in [0.2, 0.25) is 0 Å². The lowest BCUT2D eigenvalue weighted by atomic mass is 9.86. The van der Waals surface area contributed by atoms with E-state index in [1.807, 2.05) is 39.8 Å². The van der Waals surface area contributed by atoms with Gasteiger partial charge >= 0.3 is 6.09 Å². The Hall–Kier alpha value is -1.91. The van der Waals surface area contributed by atoms with E-state index >= 15 is 0 Å². The first-order valence-electron chi connectivity index (χ1n) is 7.67. The molecule has 2 N–H and O–H groups in total. The average Bonchev–Trinajstić information content (AvgIpc) is 2.34. The smallest absolute Gasteiger partial charge is 0.407 e. The maximum atomic E-state index is 11.7. The molecule has 0 saturated heterocycles. The number of amides is 1. The Bertz CT molecular complexity index is 531. The lowest BCUT2D eigenvalue weighted by Crippen LogP contribution is -2.50. The van der Waals surface area contributed by atoms with Crippen molar-refractivity contribution < 1.29 is 14.3 Å². The highest BCUT2D eigenvalue weighted by atomic mass is 16.6. The van der Waals surface area contributed by atoms with Crippen molar-refractivity contribution in [1.29, 1.82) is 0 Å². The number of aryl methyl sites for hydroxylation is 1. The van der Waals surface area contributed by atoms with Gasteiger partial charge in [-0.15, -0.1) is 0 Å². The van der Waals surface area contributed by atoms with Gasteiger partial charge in [-0.25, -0.2) is 4.79 Å². The molecule has 1 amide bonds. The molecule has 0 radical (unpaired) electrons. The molecule has 5 heteroatoms. The zero-order valence-electron chi connectivity index (χ0n) is 14.0. The molecular weight excluding hydrogens is 280 g/mol. The van der Waals surface area contributed by atoms with E-state index in [-0.39, 0.29) is 12.1 Å². The fourth-order valence-corrected chi connectivity index (χ4v) is 2.53. The van der Waals surface area contributed by atoms with E-state index in [4.69, 9.17) is 9.47 Å². The largest absolute Gasteiger partial charge is 0.496 e. The number of hydrogen-bond acceptors (Lipinski definition) is 4. The summed E-state index contributed by atoms with van der Waals surface area (Å²) >= 11 is 0. The molecule has 1 aromatic carbocycles. The van der Waals surface area contributed by atoms with Crippen LogP contribution in [-0.4, -0.2) is 30.9 Å². The number of alkyl carbamates (subject to hydrolysis) is 1. The molecule has 1 fully saturated rings. The van der Waals surface area contributed by atoms with Crippen molar-refractivity contribution in [2.45, 2.75) is 58.2 Å². The third kappa shape index (κ3) is 4.55. The number of hydrogen-bond donors (Lipinski definition) is 2. The molecule has 0 spiro atoms. The maximum absolute atomic E-state index is 11.7. The zero-order chi connectivity index (χ0) is 16.3. The Morgan fingerprint density at radius 3 is 2.45 bits per heavy atom. The van der Waals surface area contributed by atoms with E-state index in [9.17, 15) is 4.79 Å². The second kappa shape index (κ2) is 6.46. The van der Waals surface area contributed by atoms with Crippen LogP contribution in [-0.2, 0) is 4.74 Å². The Morgan fingerprint density at radius 2 is 1.91 bits per heavy atom. The van der Waals surface area contributed by atoms with Gasteiger partial charge < -0.3 is 20.1 Å². The van der Waals surface area contributed by atoms with Crippen LogP contribution in [0.2, 0.25) is 0 Å². The fourth-order valence-electron chi connectivity index (χ4n) is 2.53. The minimum atomic E-state index is -0.452. The van der Waals surface area contributed by atoms with Gasteiger partial charge in [-0.1, -0.05) is 0 Å². The van der Waals surface area contributed by atoms with Crippen LogP contribution in [0.5, 0.6) is 5.75 Å². The molecule has 0 aromatic heterocycles. The number of methoxy groups -OCH3 is 1. The summed E-state index contributed by atoms with van der Waals surface area (Å²) in [5.41, 5.74) is 1.74. The summed E-state index contributed by atoms with van der Waals surface area (Å²) in [6.45, 7) is 7.62. The number of carbonyl (C=O) groups is 1. The Morgan fingerprint density at radius 1 is 1.23 bits per heavy atom. The zero-order valence-corrected chi connectivity index (χ0v) is 14.0. The molecule has 0 unspecified atom stereocenters. The summed E-state index contributed by atoms with van der Waals surface area (Å²) in [4.78, 5) is 11.7. The predicted molar refractivity (Wildman–Crippen MR) is 87.5 cm³/mol. The van der Waals surface area contributed by atoms with E-state index in [1.165, 1.54) is 0 Å². The van der Waals surface area contributed by atoms with Crippen molar-refractivity contribution in [3.05, 3.63) is 23.8 Å². The van der Waals surface area contributed by atoms with Gasteiger partial charge in [-0.05, 0) is 64.3 Å². The van der Waals surface area contributed by atoms with Gasteiger partial charge in [0, 0.05) is 17.8 Å². The Kier molecular flexibility index (Phi) is 4.84. The van der Waals surface area contributed by atoms with Crippen LogP contribution >= 0.6 is 0 Å². The molecular formula is C17H26N2O3. The van der Waals surface area contributed by atoms with Crippen molar-refractivity contribution in [2.75, 3.05) is 12.4 Å². The second-order valence-corrected chi connectivity index (χ2v) is 6.84. The van der Waals surface area contributed by atoms with Crippen molar-refractivity contribution in [3.8, 4) is 5.75 Å². The molecule has 1 aliphatic rings. The minimum absolute atomic E-state index is 0.187. The summed E-state index contributed by atoms with van der Waals surface area (Å²) in [5, 5.41) is 6.37. The molecule has 5 nitrogen and oxygen atoms in total. The molecule has 0 atom stereocenters. The molecule has 1 aliphatic carbocycles. The van der Waals surface area contributed by atoms with Crippen molar-refractivity contribution in [3.63, 3.8) is 0 Å². The summed E-state index contributed by atoms with van der Waals surface area (Å²) in [6.07, 6.45) is 1.48. The van der Waals surface area contributed by atoms with Gasteiger partial charge in [-0.3, -0.25) is 0 Å². The van der Waals surface area contributed by atoms with Crippen LogP contribution in [0.15, 0.2) is 18.2 Å². The molecule has 22 heavy (non-hydrogen) atoms. The lowest BCUT2D eigenvalue weighted by Gasteiger charge is -2.37. The number of anilines is 1. The standard InChI is InChI=1S/C17H26N2O3/c1-11-8-12(6-7-15(11)21-5)18-13-9-14(10-13)19-16(20)22-17(2,3)4/h6-8,13-14,18H,9-10H2,1-5H3,(H,19,20). The van der Waals surface area contributed by atoms with Gasteiger partial charge in [0.15, 0.2) is 0 Å².